The minimum absolute atomic E-state index is 0.0700. The number of halogens is 2. The number of sulfonamides is 1. The maximum Gasteiger partial charge on any atom is 0.380 e. The van der Waals surface area contributed by atoms with E-state index in [9.17, 15) is 25.6 Å². The minimum Gasteiger partial charge on any atom is -0.285 e. The van der Waals surface area contributed by atoms with Crippen LogP contribution < -0.4 is 0 Å². The monoisotopic (exact) mass is 349 g/mol. The first kappa shape index (κ1) is 18.7. The van der Waals surface area contributed by atoms with Crippen LogP contribution in [0.2, 0.25) is 0 Å². The zero-order chi connectivity index (χ0) is 16.5. The predicted molar refractivity (Wildman–Crippen MR) is 74.2 cm³/mol. The van der Waals surface area contributed by atoms with E-state index in [0.717, 1.165) is 19.3 Å². The molecule has 0 amide bonds. The highest BCUT2D eigenvalue weighted by Crippen LogP contribution is 2.41. The van der Waals surface area contributed by atoms with E-state index in [2.05, 4.69) is 0 Å². The normalized spacial score (nSPS) is 20.8. The Hall–Kier alpha value is -0.320. The van der Waals surface area contributed by atoms with E-state index >= 15 is 0 Å². The van der Waals surface area contributed by atoms with Crippen LogP contribution in [0.25, 0.3) is 0 Å². The largest absolute Gasteiger partial charge is 0.380 e. The Morgan fingerprint density at radius 1 is 0.905 bits per heavy atom. The van der Waals surface area contributed by atoms with E-state index in [1.54, 1.807) is 0 Å². The molecule has 0 atom stereocenters. The van der Waals surface area contributed by atoms with Crippen LogP contribution in [0, 0.1) is 0 Å². The van der Waals surface area contributed by atoms with E-state index in [1.807, 2.05) is 0 Å². The molecule has 1 rings (SSSR count). The number of rotatable bonds is 4. The van der Waals surface area contributed by atoms with Crippen molar-refractivity contribution in [3.8, 4) is 0 Å². The molecule has 1 fully saturated rings. The molecular weight excluding hydrogens is 328 g/mol. The highest BCUT2D eigenvalue weighted by molar-refractivity contribution is 7.93. The van der Waals surface area contributed by atoms with Gasteiger partial charge in [0.2, 0.25) is 0 Å². The first-order valence-corrected chi connectivity index (χ1v) is 9.58. The van der Waals surface area contributed by atoms with Crippen molar-refractivity contribution in [1.82, 2.24) is 4.31 Å². The summed E-state index contributed by atoms with van der Waals surface area (Å²) >= 11 is 0. The minimum atomic E-state index is -5.25. The Balaban J connectivity index is 3.20. The smallest absolute Gasteiger partial charge is 0.285 e. The fourth-order valence-corrected chi connectivity index (χ4v) is 4.70. The second-order valence-corrected chi connectivity index (χ2v) is 9.62. The maximum atomic E-state index is 14.3. The molecule has 6 nitrogen and oxygen atoms in total. The number of alkyl halides is 2. The lowest BCUT2D eigenvalue weighted by molar-refractivity contribution is 0.0443. The third-order valence-corrected chi connectivity index (χ3v) is 7.70. The van der Waals surface area contributed by atoms with Gasteiger partial charge < -0.3 is 0 Å². The summed E-state index contributed by atoms with van der Waals surface area (Å²) < 4.78 is 81.7. The summed E-state index contributed by atoms with van der Waals surface area (Å²) in [6.45, 7) is 0.868. The fraction of sp³-hybridized carbons (Fsp3) is 1.00. The molecular formula is C11H21F2NO5S2. The van der Waals surface area contributed by atoms with Gasteiger partial charge in [-0.25, -0.2) is 8.42 Å². The molecule has 0 bridgehead atoms. The van der Waals surface area contributed by atoms with Crippen LogP contribution in [-0.2, 0) is 20.1 Å². The average Bonchev–Trinajstić information content (AvgIpc) is 2.25. The van der Waals surface area contributed by atoms with Gasteiger partial charge >= 0.3 is 5.25 Å². The van der Waals surface area contributed by atoms with Crippen molar-refractivity contribution >= 4 is 20.1 Å². The molecule has 21 heavy (non-hydrogen) atoms. The van der Waals surface area contributed by atoms with Crippen LogP contribution in [0.3, 0.4) is 0 Å². The molecule has 0 saturated carbocycles. The van der Waals surface area contributed by atoms with E-state index in [1.165, 1.54) is 0 Å². The third-order valence-electron chi connectivity index (χ3n) is 3.82. The Labute approximate surface area is 124 Å². The van der Waals surface area contributed by atoms with Crippen molar-refractivity contribution in [2.75, 3.05) is 13.1 Å². The van der Waals surface area contributed by atoms with Gasteiger partial charge in [0.05, 0.1) is 0 Å². The van der Waals surface area contributed by atoms with E-state index < -0.39 is 30.1 Å². The summed E-state index contributed by atoms with van der Waals surface area (Å²) in [5.74, 6) is 0. The highest BCUT2D eigenvalue weighted by atomic mass is 32.2. The molecule has 0 aromatic rings. The number of hydrogen-bond acceptors (Lipinski definition) is 4. The van der Waals surface area contributed by atoms with E-state index in [-0.39, 0.29) is 13.1 Å². The lowest BCUT2D eigenvalue weighted by atomic mass is 10.1. The average molecular weight is 349 g/mol. The van der Waals surface area contributed by atoms with Crippen molar-refractivity contribution in [1.29, 1.82) is 0 Å². The second-order valence-electron chi connectivity index (χ2n) is 5.67. The summed E-state index contributed by atoms with van der Waals surface area (Å²) in [6, 6.07) is 0. The fourth-order valence-electron chi connectivity index (χ4n) is 2.08. The van der Waals surface area contributed by atoms with Gasteiger partial charge in [-0.15, -0.1) is 0 Å². The van der Waals surface area contributed by atoms with Crippen LogP contribution in [0.1, 0.15) is 46.0 Å². The molecule has 0 aromatic carbocycles. The van der Waals surface area contributed by atoms with Crippen molar-refractivity contribution in [3.63, 3.8) is 0 Å². The molecule has 126 valence electrons. The molecule has 0 aliphatic carbocycles. The van der Waals surface area contributed by atoms with Gasteiger partial charge in [-0.1, -0.05) is 19.3 Å². The summed E-state index contributed by atoms with van der Waals surface area (Å²) in [4.78, 5) is 0. The van der Waals surface area contributed by atoms with Gasteiger partial charge in [0, 0.05) is 13.1 Å². The SMILES string of the molecule is CC(C)(C(F)(F)S(=O)(=O)N1CCCCCCC1)S(=O)(=O)O. The van der Waals surface area contributed by atoms with Crippen molar-refractivity contribution in [3.05, 3.63) is 0 Å². The number of hydrogen-bond donors (Lipinski definition) is 1. The summed E-state index contributed by atoms with van der Waals surface area (Å²) in [5, 5.41) is -4.62. The van der Waals surface area contributed by atoms with Crippen LogP contribution in [0.4, 0.5) is 8.78 Å². The highest BCUT2D eigenvalue weighted by Gasteiger charge is 2.65. The molecule has 0 spiro atoms. The topological polar surface area (TPSA) is 91.8 Å². The van der Waals surface area contributed by atoms with Gasteiger partial charge in [-0.05, 0) is 26.7 Å². The van der Waals surface area contributed by atoms with E-state index in [0.29, 0.717) is 31.0 Å². The van der Waals surface area contributed by atoms with Crippen molar-refractivity contribution in [2.45, 2.75) is 56.0 Å². The first-order valence-electron chi connectivity index (χ1n) is 6.70. The molecule has 1 aliphatic heterocycles. The van der Waals surface area contributed by atoms with Gasteiger partial charge in [0.15, 0.2) is 4.75 Å². The second kappa shape index (κ2) is 6.05. The zero-order valence-electron chi connectivity index (χ0n) is 12.0. The third kappa shape index (κ3) is 3.38. The van der Waals surface area contributed by atoms with Crippen molar-refractivity contribution in [2.24, 2.45) is 0 Å². The summed E-state index contributed by atoms with van der Waals surface area (Å²) in [6.07, 6.45) is 3.28. The molecule has 1 aliphatic rings. The van der Waals surface area contributed by atoms with Gasteiger partial charge in [0.1, 0.15) is 0 Å². The Kier molecular flexibility index (Phi) is 5.40. The molecule has 0 radical (unpaired) electrons. The number of nitrogens with zero attached hydrogens (tertiary/aromatic N) is 1. The van der Waals surface area contributed by atoms with Gasteiger partial charge in [-0.3, -0.25) is 4.55 Å². The Morgan fingerprint density at radius 3 is 1.67 bits per heavy atom. The van der Waals surface area contributed by atoms with Gasteiger partial charge in [-0.2, -0.15) is 21.5 Å². The molecule has 0 unspecified atom stereocenters. The standard InChI is InChI=1S/C11H21F2NO5S2/c1-10(2,21(17,18)19)11(12,13)20(15,16)14-8-6-4-3-5-7-9-14/h3-9H2,1-2H3,(H,17,18,19). The van der Waals surface area contributed by atoms with Crippen LogP contribution in [0.15, 0.2) is 0 Å². The first-order chi connectivity index (χ1) is 9.36. The summed E-state index contributed by atoms with van der Waals surface area (Å²) in [5.41, 5.74) is 0. The van der Waals surface area contributed by atoms with Crippen molar-refractivity contribution < 1.29 is 30.2 Å². The lowest BCUT2D eigenvalue weighted by Gasteiger charge is -2.35. The molecule has 1 heterocycles. The molecule has 10 heteroatoms. The molecule has 1 saturated heterocycles. The molecule has 0 aromatic heterocycles. The van der Waals surface area contributed by atoms with Crippen LogP contribution >= 0.6 is 0 Å². The quantitative estimate of drug-likeness (QED) is 0.782. The predicted octanol–water partition coefficient (Wildman–Crippen LogP) is 1.84. The Bertz CT molecular complexity index is 563. The van der Waals surface area contributed by atoms with Gasteiger partial charge in [0.25, 0.3) is 20.1 Å². The Morgan fingerprint density at radius 2 is 1.29 bits per heavy atom. The summed E-state index contributed by atoms with van der Waals surface area (Å²) in [7, 11) is -10.4. The zero-order valence-corrected chi connectivity index (χ0v) is 13.7. The molecule has 1 N–H and O–H groups in total. The van der Waals surface area contributed by atoms with Crippen LogP contribution in [-0.4, -0.2) is 48.8 Å². The lowest BCUT2D eigenvalue weighted by Crippen LogP contribution is -2.58. The maximum absolute atomic E-state index is 14.3. The van der Waals surface area contributed by atoms with Crippen LogP contribution in [0.5, 0.6) is 0 Å². The van der Waals surface area contributed by atoms with E-state index in [4.69, 9.17) is 4.55 Å².